The standard InChI is InChI=1S/C10H17N/c1-9(5-8-11)10(2)6-3-4-7-10/h9H,3-7H2,1-2H3. The number of hydrogen-bond acceptors (Lipinski definition) is 1. The minimum atomic E-state index is 0.482. The molecule has 0 spiro atoms. The van der Waals surface area contributed by atoms with Gasteiger partial charge in [-0.3, -0.25) is 0 Å². The normalized spacial score (nSPS) is 24.5. The molecule has 0 N–H and O–H groups in total. The van der Waals surface area contributed by atoms with Crippen LogP contribution in [0.5, 0.6) is 0 Å². The molecule has 1 atom stereocenters. The van der Waals surface area contributed by atoms with E-state index in [1.165, 1.54) is 25.7 Å². The SMILES string of the molecule is CC(CC#N)C1(C)CCCC1. The van der Waals surface area contributed by atoms with Gasteiger partial charge in [0, 0.05) is 6.42 Å². The lowest BCUT2D eigenvalue weighted by molar-refractivity contribution is 0.213. The third-order valence-corrected chi connectivity index (χ3v) is 3.33. The lowest BCUT2D eigenvalue weighted by Crippen LogP contribution is -2.20. The van der Waals surface area contributed by atoms with Gasteiger partial charge in [-0.25, -0.2) is 0 Å². The largest absolute Gasteiger partial charge is 0.198 e. The first-order valence-electron chi connectivity index (χ1n) is 4.56. The Labute approximate surface area is 69.4 Å². The van der Waals surface area contributed by atoms with Crippen LogP contribution in [0.2, 0.25) is 0 Å². The quantitative estimate of drug-likeness (QED) is 0.595. The van der Waals surface area contributed by atoms with Gasteiger partial charge in [-0.1, -0.05) is 26.7 Å². The van der Waals surface area contributed by atoms with Crippen molar-refractivity contribution >= 4 is 0 Å². The van der Waals surface area contributed by atoms with Crippen molar-refractivity contribution in [3.8, 4) is 6.07 Å². The fourth-order valence-electron chi connectivity index (χ4n) is 2.06. The first-order chi connectivity index (χ1) is 5.19. The van der Waals surface area contributed by atoms with Crippen LogP contribution in [0.3, 0.4) is 0 Å². The Morgan fingerprint density at radius 1 is 1.45 bits per heavy atom. The Hall–Kier alpha value is -0.510. The van der Waals surface area contributed by atoms with Crippen LogP contribution in [-0.4, -0.2) is 0 Å². The Kier molecular flexibility index (Phi) is 2.54. The van der Waals surface area contributed by atoms with Crippen LogP contribution in [-0.2, 0) is 0 Å². The topological polar surface area (TPSA) is 23.8 Å². The Morgan fingerprint density at radius 2 is 2.00 bits per heavy atom. The fraction of sp³-hybridized carbons (Fsp3) is 0.900. The molecule has 1 fully saturated rings. The molecule has 1 aliphatic rings. The summed E-state index contributed by atoms with van der Waals surface area (Å²) in [4.78, 5) is 0. The van der Waals surface area contributed by atoms with Crippen LogP contribution in [0.25, 0.3) is 0 Å². The highest BCUT2D eigenvalue weighted by Crippen LogP contribution is 2.44. The summed E-state index contributed by atoms with van der Waals surface area (Å²) in [5, 5.41) is 8.56. The zero-order valence-corrected chi connectivity index (χ0v) is 7.56. The van der Waals surface area contributed by atoms with E-state index in [0.717, 1.165) is 6.42 Å². The van der Waals surface area contributed by atoms with E-state index in [1.807, 2.05) is 0 Å². The molecule has 0 aromatic heterocycles. The number of rotatable bonds is 2. The summed E-state index contributed by atoms with van der Waals surface area (Å²) in [6.45, 7) is 4.55. The van der Waals surface area contributed by atoms with Crippen molar-refractivity contribution in [1.29, 1.82) is 5.26 Å². The Bertz CT molecular complexity index is 160. The van der Waals surface area contributed by atoms with Gasteiger partial charge in [-0.2, -0.15) is 5.26 Å². The molecular weight excluding hydrogens is 134 g/mol. The van der Waals surface area contributed by atoms with Gasteiger partial charge in [0.05, 0.1) is 6.07 Å². The molecule has 1 aliphatic carbocycles. The highest BCUT2D eigenvalue weighted by molar-refractivity contribution is 4.89. The molecule has 0 aromatic carbocycles. The first kappa shape index (κ1) is 8.59. The van der Waals surface area contributed by atoms with E-state index in [2.05, 4.69) is 19.9 Å². The van der Waals surface area contributed by atoms with Gasteiger partial charge in [0.1, 0.15) is 0 Å². The Balaban J connectivity index is 2.50. The maximum Gasteiger partial charge on any atom is 0.0624 e. The van der Waals surface area contributed by atoms with Crippen molar-refractivity contribution in [3.63, 3.8) is 0 Å². The number of hydrogen-bond donors (Lipinski definition) is 0. The van der Waals surface area contributed by atoms with Crippen molar-refractivity contribution < 1.29 is 0 Å². The number of nitriles is 1. The molecule has 0 saturated heterocycles. The summed E-state index contributed by atoms with van der Waals surface area (Å²) < 4.78 is 0. The minimum Gasteiger partial charge on any atom is -0.198 e. The maximum atomic E-state index is 8.56. The van der Waals surface area contributed by atoms with Gasteiger partial charge in [0.25, 0.3) is 0 Å². The van der Waals surface area contributed by atoms with E-state index in [0.29, 0.717) is 11.3 Å². The van der Waals surface area contributed by atoms with Gasteiger partial charge in [-0.05, 0) is 24.2 Å². The molecular formula is C10H17N. The molecule has 0 radical (unpaired) electrons. The summed E-state index contributed by atoms with van der Waals surface area (Å²) in [5.74, 6) is 0.593. The van der Waals surface area contributed by atoms with Crippen molar-refractivity contribution in [1.82, 2.24) is 0 Å². The second-order valence-electron chi connectivity index (χ2n) is 4.12. The average molecular weight is 151 g/mol. The second-order valence-corrected chi connectivity index (χ2v) is 4.12. The van der Waals surface area contributed by atoms with Crippen molar-refractivity contribution in [2.75, 3.05) is 0 Å². The zero-order chi connectivity index (χ0) is 8.32. The average Bonchev–Trinajstić information content (AvgIpc) is 2.38. The third-order valence-electron chi connectivity index (χ3n) is 3.33. The molecule has 62 valence electrons. The molecule has 1 unspecified atom stereocenters. The molecule has 0 aromatic rings. The van der Waals surface area contributed by atoms with Crippen LogP contribution < -0.4 is 0 Å². The molecule has 1 heteroatoms. The van der Waals surface area contributed by atoms with Gasteiger partial charge in [0.15, 0.2) is 0 Å². The summed E-state index contributed by atoms with van der Waals surface area (Å²) >= 11 is 0. The lowest BCUT2D eigenvalue weighted by Gasteiger charge is -2.29. The minimum absolute atomic E-state index is 0.482. The highest BCUT2D eigenvalue weighted by atomic mass is 14.4. The van der Waals surface area contributed by atoms with E-state index in [1.54, 1.807) is 0 Å². The van der Waals surface area contributed by atoms with Gasteiger partial charge >= 0.3 is 0 Å². The molecule has 0 amide bonds. The van der Waals surface area contributed by atoms with Crippen LogP contribution in [0.15, 0.2) is 0 Å². The van der Waals surface area contributed by atoms with Crippen LogP contribution in [0, 0.1) is 22.7 Å². The molecule has 0 bridgehead atoms. The van der Waals surface area contributed by atoms with E-state index < -0.39 is 0 Å². The van der Waals surface area contributed by atoms with E-state index in [4.69, 9.17) is 5.26 Å². The molecule has 11 heavy (non-hydrogen) atoms. The second kappa shape index (κ2) is 3.26. The van der Waals surface area contributed by atoms with E-state index in [-0.39, 0.29) is 0 Å². The summed E-state index contributed by atoms with van der Waals surface area (Å²) in [6.07, 6.45) is 6.13. The van der Waals surface area contributed by atoms with Gasteiger partial charge in [0.2, 0.25) is 0 Å². The lowest BCUT2D eigenvalue weighted by atomic mass is 9.75. The van der Waals surface area contributed by atoms with Crippen molar-refractivity contribution in [2.24, 2.45) is 11.3 Å². The summed E-state index contributed by atoms with van der Waals surface area (Å²) in [7, 11) is 0. The van der Waals surface area contributed by atoms with Gasteiger partial charge < -0.3 is 0 Å². The molecule has 0 aliphatic heterocycles. The predicted molar refractivity (Wildman–Crippen MR) is 46.0 cm³/mol. The highest BCUT2D eigenvalue weighted by Gasteiger charge is 2.33. The maximum absolute atomic E-state index is 8.56. The summed E-state index contributed by atoms with van der Waals surface area (Å²) in [6, 6.07) is 2.27. The van der Waals surface area contributed by atoms with Crippen molar-refractivity contribution in [2.45, 2.75) is 46.0 Å². The van der Waals surface area contributed by atoms with Gasteiger partial charge in [-0.15, -0.1) is 0 Å². The fourth-order valence-corrected chi connectivity index (χ4v) is 2.06. The first-order valence-corrected chi connectivity index (χ1v) is 4.56. The van der Waals surface area contributed by atoms with E-state index >= 15 is 0 Å². The third kappa shape index (κ3) is 1.74. The zero-order valence-electron chi connectivity index (χ0n) is 7.56. The van der Waals surface area contributed by atoms with Crippen LogP contribution in [0.1, 0.15) is 46.0 Å². The summed E-state index contributed by atoms with van der Waals surface area (Å²) in [5.41, 5.74) is 0.482. The number of nitrogens with zero attached hydrogens (tertiary/aromatic N) is 1. The molecule has 0 heterocycles. The van der Waals surface area contributed by atoms with Crippen molar-refractivity contribution in [3.05, 3.63) is 0 Å². The van der Waals surface area contributed by atoms with Crippen LogP contribution in [0.4, 0.5) is 0 Å². The molecule has 1 rings (SSSR count). The Morgan fingerprint density at radius 3 is 2.45 bits per heavy atom. The smallest absolute Gasteiger partial charge is 0.0624 e. The van der Waals surface area contributed by atoms with Crippen LogP contribution >= 0.6 is 0 Å². The monoisotopic (exact) mass is 151 g/mol. The predicted octanol–water partition coefficient (Wildman–Crippen LogP) is 3.12. The molecule has 1 nitrogen and oxygen atoms in total. The molecule has 1 saturated carbocycles. The van der Waals surface area contributed by atoms with E-state index in [9.17, 15) is 0 Å².